The summed E-state index contributed by atoms with van der Waals surface area (Å²) in [7, 11) is 1.55. The number of benzene rings is 2. The first-order valence-electron chi connectivity index (χ1n) is 9.44. The molecular weight excluding hydrogens is 446 g/mol. The lowest BCUT2D eigenvalue weighted by Gasteiger charge is -2.10. The van der Waals surface area contributed by atoms with Crippen LogP contribution in [0, 0.1) is 20.8 Å². The number of hydrogen-bond donors (Lipinski definition) is 1. The molecule has 3 rings (SSSR count). The third-order valence-corrected chi connectivity index (χ3v) is 5.72. The molecule has 0 aliphatic heterocycles. The number of nitrogens with zero attached hydrogens (tertiary/aromatic N) is 2. The van der Waals surface area contributed by atoms with Gasteiger partial charge in [-0.3, -0.25) is 4.79 Å². The van der Waals surface area contributed by atoms with Gasteiger partial charge >= 0.3 is 0 Å². The van der Waals surface area contributed by atoms with Crippen LogP contribution in [-0.2, 0) is 4.79 Å². The standard InChI is InChI=1S/C23H24BrN3O3/c1-15-9-11-18(12-10-15)27-16(2)19(23(24)17(27)3)13-25-26-22(28)14-30-21-8-6-5-7-20(21)29-4/h5-13H,14H2,1-4H3,(H,26,28)/b25-13-. The Labute approximate surface area is 184 Å². The van der Waals surface area contributed by atoms with Crippen molar-refractivity contribution in [2.45, 2.75) is 20.8 Å². The monoisotopic (exact) mass is 469 g/mol. The van der Waals surface area contributed by atoms with Gasteiger partial charge < -0.3 is 14.0 Å². The fourth-order valence-corrected chi connectivity index (χ4v) is 3.70. The second-order valence-electron chi connectivity index (χ2n) is 6.80. The Morgan fingerprint density at radius 1 is 1.07 bits per heavy atom. The van der Waals surface area contributed by atoms with E-state index < -0.39 is 0 Å². The van der Waals surface area contributed by atoms with E-state index >= 15 is 0 Å². The predicted octanol–water partition coefficient (Wildman–Crippen LogP) is 4.70. The van der Waals surface area contributed by atoms with Crippen molar-refractivity contribution in [1.82, 2.24) is 9.99 Å². The van der Waals surface area contributed by atoms with E-state index in [4.69, 9.17) is 9.47 Å². The maximum absolute atomic E-state index is 12.1. The van der Waals surface area contributed by atoms with E-state index in [9.17, 15) is 4.79 Å². The molecule has 7 heteroatoms. The summed E-state index contributed by atoms with van der Waals surface area (Å²) in [6.07, 6.45) is 1.64. The highest BCUT2D eigenvalue weighted by atomic mass is 79.9. The molecule has 1 heterocycles. The second-order valence-corrected chi connectivity index (χ2v) is 7.60. The quantitative estimate of drug-likeness (QED) is 0.402. The number of ether oxygens (including phenoxy) is 2. The van der Waals surface area contributed by atoms with E-state index in [0.717, 1.165) is 27.1 Å². The number of carbonyl (C=O) groups is 1. The molecule has 0 saturated heterocycles. The zero-order chi connectivity index (χ0) is 21.7. The van der Waals surface area contributed by atoms with Crippen LogP contribution in [0.4, 0.5) is 0 Å². The summed E-state index contributed by atoms with van der Waals surface area (Å²) in [4.78, 5) is 12.1. The maximum Gasteiger partial charge on any atom is 0.277 e. The van der Waals surface area contributed by atoms with Crippen LogP contribution < -0.4 is 14.9 Å². The average Bonchev–Trinajstić information content (AvgIpc) is 2.96. The van der Waals surface area contributed by atoms with E-state index in [1.54, 1.807) is 25.5 Å². The minimum atomic E-state index is -0.361. The molecule has 0 atom stereocenters. The van der Waals surface area contributed by atoms with E-state index in [0.29, 0.717) is 11.5 Å². The SMILES string of the molecule is COc1ccccc1OCC(=O)N/N=C\c1c(Br)c(C)n(-c2ccc(C)cc2)c1C. The summed E-state index contributed by atoms with van der Waals surface area (Å²) in [6.45, 7) is 5.95. The first-order chi connectivity index (χ1) is 14.4. The Balaban J connectivity index is 1.68. The number of rotatable bonds is 7. The summed E-state index contributed by atoms with van der Waals surface area (Å²) in [5.74, 6) is 0.713. The summed E-state index contributed by atoms with van der Waals surface area (Å²) < 4.78 is 13.8. The van der Waals surface area contributed by atoms with Gasteiger partial charge in [-0.1, -0.05) is 29.8 Å². The molecule has 0 spiro atoms. The summed E-state index contributed by atoms with van der Waals surface area (Å²) in [5, 5.41) is 4.10. The zero-order valence-corrected chi connectivity index (χ0v) is 19.0. The molecule has 0 saturated carbocycles. The second kappa shape index (κ2) is 9.63. The van der Waals surface area contributed by atoms with Crippen LogP contribution in [0.1, 0.15) is 22.5 Å². The van der Waals surface area contributed by atoms with Gasteiger partial charge in [-0.15, -0.1) is 0 Å². The van der Waals surface area contributed by atoms with Crippen LogP contribution in [0.15, 0.2) is 58.1 Å². The Hall–Kier alpha value is -3.06. The molecular formula is C23H24BrN3O3. The molecule has 1 aromatic heterocycles. The summed E-state index contributed by atoms with van der Waals surface area (Å²) >= 11 is 3.64. The normalized spacial score (nSPS) is 11.0. The Morgan fingerprint density at radius 2 is 1.73 bits per heavy atom. The van der Waals surface area contributed by atoms with Crippen molar-refractivity contribution < 1.29 is 14.3 Å². The molecule has 30 heavy (non-hydrogen) atoms. The van der Waals surface area contributed by atoms with Crippen LogP contribution in [0.25, 0.3) is 5.69 Å². The van der Waals surface area contributed by atoms with Gasteiger partial charge in [-0.25, -0.2) is 5.43 Å². The number of para-hydroxylation sites is 2. The molecule has 6 nitrogen and oxygen atoms in total. The highest BCUT2D eigenvalue weighted by Crippen LogP contribution is 2.29. The van der Waals surface area contributed by atoms with Crippen molar-refractivity contribution in [2.75, 3.05) is 13.7 Å². The van der Waals surface area contributed by atoms with Crippen molar-refractivity contribution in [3.63, 3.8) is 0 Å². The number of hydrazone groups is 1. The Bertz CT molecular complexity index is 1070. The number of aryl methyl sites for hydroxylation is 1. The first-order valence-corrected chi connectivity index (χ1v) is 10.2. The topological polar surface area (TPSA) is 64.8 Å². The van der Waals surface area contributed by atoms with Crippen LogP contribution in [0.2, 0.25) is 0 Å². The van der Waals surface area contributed by atoms with Gasteiger partial charge in [0.05, 0.1) is 13.3 Å². The van der Waals surface area contributed by atoms with Crippen molar-refractivity contribution in [1.29, 1.82) is 0 Å². The lowest BCUT2D eigenvalue weighted by Crippen LogP contribution is -2.24. The summed E-state index contributed by atoms with van der Waals surface area (Å²) in [5.41, 5.74) is 7.77. The Morgan fingerprint density at radius 3 is 2.40 bits per heavy atom. The van der Waals surface area contributed by atoms with E-state index in [2.05, 4.69) is 62.2 Å². The molecule has 0 radical (unpaired) electrons. The molecule has 0 bridgehead atoms. The number of halogens is 1. The van der Waals surface area contributed by atoms with Gasteiger partial charge in [0, 0.05) is 27.1 Å². The number of nitrogens with one attached hydrogen (secondary N) is 1. The zero-order valence-electron chi connectivity index (χ0n) is 17.4. The van der Waals surface area contributed by atoms with Crippen LogP contribution in [-0.4, -0.2) is 30.4 Å². The third kappa shape index (κ3) is 4.74. The van der Waals surface area contributed by atoms with Crippen molar-refractivity contribution in [3.05, 3.63) is 75.5 Å². The lowest BCUT2D eigenvalue weighted by atomic mass is 10.2. The van der Waals surface area contributed by atoms with Crippen LogP contribution in [0.3, 0.4) is 0 Å². The number of carbonyl (C=O) groups excluding carboxylic acids is 1. The van der Waals surface area contributed by atoms with Gasteiger partial charge in [-0.05, 0) is 61.0 Å². The molecule has 3 aromatic rings. The fourth-order valence-electron chi connectivity index (χ4n) is 3.14. The molecule has 1 amide bonds. The minimum absolute atomic E-state index is 0.165. The fraction of sp³-hybridized carbons (Fsp3) is 0.217. The average molecular weight is 470 g/mol. The van der Waals surface area contributed by atoms with Gasteiger partial charge in [0.15, 0.2) is 18.1 Å². The van der Waals surface area contributed by atoms with E-state index in [-0.39, 0.29) is 12.5 Å². The van der Waals surface area contributed by atoms with Gasteiger partial charge in [0.1, 0.15) is 0 Å². The predicted molar refractivity (Wildman–Crippen MR) is 122 cm³/mol. The number of amides is 1. The number of aromatic nitrogens is 1. The molecule has 0 aliphatic rings. The molecule has 0 fully saturated rings. The molecule has 156 valence electrons. The lowest BCUT2D eigenvalue weighted by molar-refractivity contribution is -0.123. The molecule has 0 unspecified atom stereocenters. The first kappa shape index (κ1) is 21.6. The highest BCUT2D eigenvalue weighted by Gasteiger charge is 2.15. The molecule has 0 aliphatic carbocycles. The van der Waals surface area contributed by atoms with Crippen molar-refractivity contribution >= 4 is 28.1 Å². The number of methoxy groups -OCH3 is 1. The minimum Gasteiger partial charge on any atom is -0.493 e. The van der Waals surface area contributed by atoms with Gasteiger partial charge in [-0.2, -0.15) is 5.10 Å². The van der Waals surface area contributed by atoms with E-state index in [1.165, 1.54) is 5.56 Å². The van der Waals surface area contributed by atoms with Gasteiger partial charge in [0.2, 0.25) is 0 Å². The van der Waals surface area contributed by atoms with Crippen molar-refractivity contribution in [3.8, 4) is 17.2 Å². The Kier molecular flexibility index (Phi) is 6.95. The summed E-state index contributed by atoms with van der Waals surface area (Å²) in [6, 6.07) is 15.5. The van der Waals surface area contributed by atoms with Crippen LogP contribution >= 0.6 is 15.9 Å². The highest BCUT2D eigenvalue weighted by molar-refractivity contribution is 9.10. The smallest absolute Gasteiger partial charge is 0.277 e. The third-order valence-electron chi connectivity index (χ3n) is 4.72. The largest absolute Gasteiger partial charge is 0.493 e. The van der Waals surface area contributed by atoms with Crippen LogP contribution in [0.5, 0.6) is 11.5 Å². The molecule has 1 N–H and O–H groups in total. The van der Waals surface area contributed by atoms with Gasteiger partial charge in [0.25, 0.3) is 5.91 Å². The maximum atomic E-state index is 12.1. The molecule has 2 aromatic carbocycles. The van der Waals surface area contributed by atoms with Crippen molar-refractivity contribution in [2.24, 2.45) is 5.10 Å². The van der Waals surface area contributed by atoms with E-state index in [1.807, 2.05) is 26.0 Å². The number of hydrogen-bond acceptors (Lipinski definition) is 4.